The van der Waals surface area contributed by atoms with Crippen LogP contribution in [-0.4, -0.2) is 35.8 Å². The van der Waals surface area contributed by atoms with Crippen LogP contribution < -0.4 is 16.0 Å². The number of carboxylic acid groups (broad SMARTS) is 1. The first-order valence-electron chi connectivity index (χ1n) is 13.0. The van der Waals surface area contributed by atoms with Crippen LogP contribution in [0.1, 0.15) is 28.2 Å². The van der Waals surface area contributed by atoms with Crippen molar-refractivity contribution in [3.8, 4) is 11.1 Å². The molecule has 0 radical (unpaired) electrons. The lowest BCUT2D eigenvalue weighted by Crippen LogP contribution is -2.48. The fraction of sp³-hybridized carbons (Fsp3) is 0.156. The molecule has 202 valence electrons. The van der Waals surface area contributed by atoms with Crippen LogP contribution in [0.15, 0.2) is 103 Å². The number of hydrogen-bond acceptors (Lipinski definition) is 4. The van der Waals surface area contributed by atoms with E-state index in [9.17, 15) is 14.4 Å². The number of nitrogens with one attached hydrogen (secondary N) is 3. The van der Waals surface area contributed by atoms with Gasteiger partial charge in [0, 0.05) is 24.6 Å². The van der Waals surface area contributed by atoms with Gasteiger partial charge in [-0.25, -0.2) is 9.59 Å². The van der Waals surface area contributed by atoms with E-state index in [1.54, 1.807) is 24.3 Å². The number of rotatable bonds is 9. The summed E-state index contributed by atoms with van der Waals surface area (Å²) >= 11 is 0. The number of ether oxygens (including phenoxy) is 1. The SMILES string of the molecule is O=C(O)Nc1ccc(CNC(=O)[C@H](Cc2ccccc2)NC(=O)OCC2c3ccccc3-c3ccccc32)cc1. The zero-order valence-corrected chi connectivity index (χ0v) is 21.7. The van der Waals surface area contributed by atoms with Crippen molar-refractivity contribution in [3.05, 3.63) is 125 Å². The minimum absolute atomic E-state index is 0.0851. The molecule has 4 N–H and O–H groups in total. The monoisotopic (exact) mass is 535 g/mol. The van der Waals surface area contributed by atoms with E-state index in [0.717, 1.165) is 33.4 Å². The van der Waals surface area contributed by atoms with E-state index in [0.29, 0.717) is 12.1 Å². The fourth-order valence-corrected chi connectivity index (χ4v) is 4.98. The predicted octanol–water partition coefficient (Wildman–Crippen LogP) is 5.54. The number of carbonyl (C=O) groups is 3. The number of anilines is 1. The minimum atomic E-state index is -1.15. The Bertz CT molecular complexity index is 1460. The van der Waals surface area contributed by atoms with Gasteiger partial charge < -0.3 is 20.5 Å². The molecule has 4 aromatic carbocycles. The molecule has 8 heteroatoms. The molecule has 0 bridgehead atoms. The molecule has 1 aliphatic carbocycles. The van der Waals surface area contributed by atoms with Gasteiger partial charge in [-0.3, -0.25) is 10.1 Å². The lowest BCUT2D eigenvalue weighted by atomic mass is 9.98. The van der Waals surface area contributed by atoms with E-state index in [-0.39, 0.29) is 25.0 Å². The van der Waals surface area contributed by atoms with Gasteiger partial charge in [-0.05, 0) is 45.5 Å². The topological polar surface area (TPSA) is 117 Å². The van der Waals surface area contributed by atoms with Crippen LogP contribution in [0.25, 0.3) is 11.1 Å². The molecule has 0 aromatic heterocycles. The molecule has 40 heavy (non-hydrogen) atoms. The van der Waals surface area contributed by atoms with Crippen LogP contribution in [0.3, 0.4) is 0 Å². The number of carbonyl (C=O) groups excluding carboxylic acids is 2. The van der Waals surface area contributed by atoms with Crippen molar-refractivity contribution < 1.29 is 24.2 Å². The summed E-state index contributed by atoms with van der Waals surface area (Å²) < 4.78 is 5.68. The molecule has 3 amide bonds. The van der Waals surface area contributed by atoms with Crippen LogP contribution in [-0.2, 0) is 22.5 Å². The Morgan fingerprint density at radius 2 is 1.35 bits per heavy atom. The first-order chi connectivity index (χ1) is 19.5. The molecular formula is C32H29N3O5. The summed E-state index contributed by atoms with van der Waals surface area (Å²) in [4.78, 5) is 36.9. The lowest BCUT2D eigenvalue weighted by molar-refractivity contribution is -0.123. The van der Waals surface area contributed by atoms with Gasteiger partial charge in [-0.1, -0.05) is 91.0 Å². The molecule has 8 nitrogen and oxygen atoms in total. The molecule has 0 spiro atoms. The largest absolute Gasteiger partial charge is 0.465 e. The summed E-state index contributed by atoms with van der Waals surface area (Å²) in [6.07, 6.45) is -1.52. The van der Waals surface area contributed by atoms with E-state index in [1.165, 1.54) is 0 Å². The molecule has 1 aliphatic rings. The molecular weight excluding hydrogens is 506 g/mol. The van der Waals surface area contributed by atoms with E-state index in [4.69, 9.17) is 9.84 Å². The van der Waals surface area contributed by atoms with Gasteiger partial charge in [0.15, 0.2) is 0 Å². The molecule has 0 fully saturated rings. The first kappa shape index (κ1) is 26.5. The van der Waals surface area contributed by atoms with Gasteiger partial charge in [0.2, 0.25) is 5.91 Å². The maximum Gasteiger partial charge on any atom is 0.409 e. The molecule has 0 saturated carbocycles. The molecule has 4 aromatic rings. The second-order valence-electron chi connectivity index (χ2n) is 9.56. The van der Waals surface area contributed by atoms with Gasteiger partial charge in [0.1, 0.15) is 12.6 Å². The van der Waals surface area contributed by atoms with Crippen molar-refractivity contribution in [1.29, 1.82) is 0 Å². The third-order valence-electron chi connectivity index (χ3n) is 6.91. The van der Waals surface area contributed by atoms with Crippen LogP contribution in [0.2, 0.25) is 0 Å². The third kappa shape index (κ3) is 6.30. The Morgan fingerprint density at radius 3 is 1.98 bits per heavy atom. The second-order valence-corrected chi connectivity index (χ2v) is 9.56. The average molecular weight is 536 g/mol. The molecule has 0 heterocycles. The summed E-state index contributed by atoms with van der Waals surface area (Å²) in [7, 11) is 0. The van der Waals surface area contributed by atoms with E-state index in [1.807, 2.05) is 54.6 Å². The number of fused-ring (bicyclic) bond motifs is 3. The third-order valence-corrected chi connectivity index (χ3v) is 6.91. The summed E-state index contributed by atoms with van der Waals surface area (Å²) in [5.41, 5.74) is 6.61. The van der Waals surface area contributed by atoms with Crippen molar-refractivity contribution in [1.82, 2.24) is 10.6 Å². The van der Waals surface area contributed by atoms with E-state index in [2.05, 4.69) is 40.2 Å². The Hall–Kier alpha value is -5.11. The Labute approximate surface area is 232 Å². The van der Waals surface area contributed by atoms with Crippen LogP contribution >= 0.6 is 0 Å². The second kappa shape index (κ2) is 12.2. The summed E-state index contributed by atoms with van der Waals surface area (Å²) in [6, 6.07) is 31.5. The highest BCUT2D eigenvalue weighted by Crippen LogP contribution is 2.44. The molecule has 0 aliphatic heterocycles. The van der Waals surface area contributed by atoms with Gasteiger partial charge in [-0.2, -0.15) is 0 Å². The highest BCUT2D eigenvalue weighted by atomic mass is 16.5. The fourth-order valence-electron chi connectivity index (χ4n) is 4.98. The number of amides is 3. The highest BCUT2D eigenvalue weighted by molar-refractivity contribution is 5.86. The van der Waals surface area contributed by atoms with Crippen LogP contribution in [0.5, 0.6) is 0 Å². The van der Waals surface area contributed by atoms with Gasteiger partial charge >= 0.3 is 12.2 Å². The predicted molar refractivity (Wildman–Crippen MR) is 152 cm³/mol. The van der Waals surface area contributed by atoms with Crippen molar-refractivity contribution in [2.45, 2.75) is 24.9 Å². The summed E-state index contributed by atoms with van der Waals surface area (Å²) in [5.74, 6) is -0.441. The zero-order chi connectivity index (χ0) is 27.9. The highest BCUT2D eigenvalue weighted by Gasteiger charge is 2.30. The smallest absolute Gasteiger partial charge is 0.409 e. The molecule has 1 atom stereocenters. The molecule has 0 unspecified atom stereocenters. The Morgan fingerprint density at radius 1 is 0.750 bits per heavy atom. The molecule has 5 rings (SSSR count). The van der Waals surface area contributed by atoms with Crippen molar-refractivity contribution in [2.75, 3.05) is 11.9 Å². The van der Waals surface area contributed by atoms with Crippen molar-refractivity contribution >= 4 is 23.8 Å². The summed E-state index contributed by atoms with van der Waals surface area (Å²) in [5, 5.41) is 16.7. The van der Waals surface area contributed by atoms with Gasteiger partial charge in [0.25, 0.3) is 0 Å². The van der Waals surface area contributed by atoms with Crippen LogP contribution in [0.4, 0.5) is 15.3 Å². The number of hydrogen-bond donors (Lipinski definition) is 4. The number of benzene rings is 4. The molecule has 0 saturated heterocycles. The number of alkyl carbamates (subject to hydrolysis) is 1. The maximum atomic E-state index is 13.2. The van der Waals surface area contributed by atoms with Gasteiger partial charge in [0.05, 0.1) is 0 Å². The quantitative estimate of drug-likeness (QED) is 0.224. The Kier molecular flexibility index (Phi) is 8.06. The normalized spacial score (nSPS) is 12.5. The van der Waals surface area contributed by atoms with Crippen LogP contribution in [0, 0.1) is 0 Å². The van der Waals surface area contributed by atoms with Crippen molar-refractivity contribution in [2.24, 2.45) is 0 Å². The maximum absolute atomic E-state index is 13.2. The van der Waals surface area contributed by atoms with E-state index < -0.39 is 18.2 Å². The van der Waals surface area contributed by atoms with Gasteiger partial charge in [-0.15, -0.1) is 0 Å². The van der Waals surface area contributed by atoms with Crippen molar-refractivity contribution in [3.63, 3.8) is 0 Å². The minimum Gasteiger partial charge on any atom is -0.465 e. The zero-order valence-electron chi connectivity index (χ0n) is 21.7. The standard InChI is InChI=1S/C32H29N3O5/c36-30(33-19-22-14-16-23(17-15-22)34-31(37)38)29(18-21-8-2-1-3-9-21)35-32(39)40-20-28-26-12-6-4-10-24(26)25-11-5-7-13-27(25)28/h1-17,28-29,34H,18-20H2,(H,33,36)(H,35,39)(H,37,38)/t29-/m0/s1. The van der Waals surface area contributed by atoms with E-state index >= 15 is 0 Å². The summed E-state index contributed by atoms with van der Waals surface area (Å²) in [6.45, 7) is 0.361. The Balaban J connectivity index is 1.23. The first-order valence-corrected chi connectivity index (χ1v) is 13.0. The lowest BCUT2D eigenvalue weighted by Gasteiger charge is -2.20. The average Bonchev–Trinajstić information content (AvgIpc) is 3.29.